The molecule has 1 heterocycles. The number of carboxylic acid groups (broad SMARTS) is 1. The zero-order valence-electron chi connectivity index (χ0n) is 15.5. The van der Waals surface area contributed by atoms with Crippen molar-refractivity contribution in [3.8, 4) is 0 Å². The van der Waals surface area contributed by atoms with Gasteiger partial charge in [0.05, 0.1) is 0 Å². The molecular formula is C19H23ClN3O4-. The van der Waals surface area contributed by atoms with Crippen LogP contribution in [0.1, 0.15) is 37.2 Å². The summed E-state index contributed by atoms with van der Waals surface area (Å²) in [5, 5.41) is 17.2. The zero-order valence-corrected chi connectivity index (χ0v) is 16.3. The number of fused-ring (bicyclic) bond motifs is 1. The molecule has 2 rings (SSSR count). The summed E-state index contributed by atoms with van der Waals surface area (Å²) in [6.07, 6.45) is 0.389. The van der Waals surface area contributed by atoms with Crippen molar-refractivity contribution in [2.24, 2.45) is 13.0 Å². The number of nitrogens with one attached hydrogen (secondary N) is 2. The molecule has 2 aromatic rings. The average molecular weight is 393 g/mol. The van der Waals surface area contributed by atoms with Gasteiger partial charge in [-0.15, -0.1) is 0 Å². The van der Waals surface area contributed by atoms with Crippen molar-refractivity contribution in [1.29, 1.82) is 0 Å². The Bertz CT molecular complexity index is 862. The lowest BCUT2D eigenvalue weighted by atomic mass is 9.98. The number of aliphatic carboxylic acids is 1. The number of rotatable bonds is 8. The summed E-state index contributed by atoms with van der Waals surface area (Å²) >= 11 is 6.01. The Morgan fingerprint density at radius 1 is 1.26 bits per heavy atom. The lowest BCUT2D eigenvalue weighted by Crippen LogP contribution is -2.51. The van der Waals surface area contributed by atoms with E-state index in [1.165, 1.54) is 0 Å². The fourth-order valence-electron chi connectivity index (χ4n) is 2.85. The van der Waals surface area contributed by atoms with Crippen LogP contribution in [0.25, 0.3) is 10.9 Å². The SMILES string of the molecule is CC[C@@H](C)[C@H](NC(=O)c1cc2cc(Cl)ccc2n1C)C(=O)NCCC(=O)[O-]. The highest BCUT2D eigenvalue weighted by molar-refractivity contribution is 6.31. The van der Waals surface area contributed by atoms with Crippen LogP contribution in [0, 0.1) is 5.92 Å². The molecule has 0 radical (unpaired) electrons. The maximum atomic E-state index is 12.8. The minimum atomic E-state index is -1.24. The Hall–Kier alpha value is -2.54. The molecule has 0 saturated carbocycles. The maximum absolute atomic E-state index is 12.8. The van der Waals surface area contributed by atoms with E-state index in [1.54, 1.807) is 29.8 Å². The molecule has 8 heteroatoms. The van der Waals surface area contributed by atoms with Crippen LogP contribution in [0.4, 0.5) is 0 Å². The summed E-state index contributed by atoms with van der Waals surface area (Å²) < 4.78 is 1.74. The van der Waals surface area contributed by atoms with E-state index in [0.717, 1.165) is 10.9 Å². The monoisotopic (exact) mass is 392 g/mol. The summed E-state index contributed by atoms with van der Waals surface area (Å²) in [7, 11) is 1.77. The van der Waals surface area contributed by atoms with Gasteiger partial charge in [0, 0.05) is 41.9 Å². The molecule has 0 fully saturated rings. The first kappa shape index (κ1) is 20.8. The van der Waals surface area contributed by atoms with E-state index < -0.39 is 17.9 Å². The van der Waals surface area contributed by atoms with Crippen molar-refractivity contribution in [2.45, 2.75) is 32.7 Å². The predicted octanol–water partition coefficient (Wildman–Crippen LogP) is 1.23. The lowest BCUT2D eigenvalue weighted by molar-refractivity contribution is -0.305. The average Bonchev–Trinajstić information content (AvgIpc) is 2.94. The van der Waals surface area contributed by atoms with Gasteiger partial charge in [-0.25, -0.2) is 0 Å². The highest BCUT2D eigenvalue weighted by Crippen LogP contribution is 2.23. The van der Waals surface area contributed by atoms with Gasteiger partial charge < -0.3 is 25.1 Å². The second-order valence-electron chi connectivity index (χ2n) is 6.54. The van der Waals surface area contributed by atoms with Gasteiger partial charge in [-0.2, -0.15) is 0 Å². The van der Waals surface area contributed by atoms with Crippen LogP contribution in [0.2, 0.25) is 5.02 Å². The van der Waals surface area contributed by atoms with Gasteiger partial charge >= 0.3 is 0 Å². The van der Waals surface area contributed by atoms with Gasteiger partial charge in [0.1, 0.15) is 11.7 Å². The number of hydrogen-bond acceptors (Lipinski definition) is 4. The van der Waals surface area contributed by atoms with Gasteiger partial charge in [-0.05, 0) is 30.2 Å². The summed E-state index contributed by atoms with van der Waals surface area (Å²) in [5.74, 6) is -2.17. The number of aromatic nitrogens is 1. The van der Waals surface area contributed by atoms with Crippen molar-refractivity contribution in [1.82, 2.24) is 15.2 Å². The van der Waals surface area contributed by atoms with Crippen LogP contribution >= 0.6 is 11.6 Å². The Morgan fingerprint density at radius 2 is 1.96 bits per heavy atom. The molecule has 2 N–H and O–H groups in total. The largest absolute Gasteiger partial charge is 0.550 e. The third-order valence-electron chi connectivity index (χ3n) is 4.65. The summed E-state index contributed by atoms with van der Waals surface area (Å²) in [5.41, 5.74) is 1.26. The first-order chi connectivity index (χ1) is 12.7. The van der Waals surface area contributed by atoms with E-state index in [-0.39, 0.29) is 24.8 Å². The third kappa shape index (κ3) is 5.01. The highest BCUT2D eigenvalue weighted by atomic mass is 35.5. The Kier molecular flexibility index (Phi) is 6.85. The molecule has 0 aliphatic heterocycles. The molecule has 0 aliphatic carbocycles. The number of amides is 2. The van der Waals surface area contributed by atoms with Crippen LogP contribution < -0.4 is 15.7 Å². The molecule has 2 atom stereocenters. The van der Waals surface area contributed by atoms with Crippen molar-refractivity contribution in [3.63, 3.8) is 0 Å². The van der Waals surface area contributed by atoms with Crippen LogP contribution in [0.5, 0.6) is 0 Å². The molecule has 0 spiro atoms. The van der Waals surface area contributed by atoms with Crippen molar-refractivity contribution in [2.75, 3.05) is 6.54 Å². The molecule has 0 unspecified atom stereocenters. The van der Waals surface area contributed by atoms with Crippen LogP contribution in [-0.4, -0.2) is 34.9 Å². The van der Waals surface area contributed by atoms with E-state index in [0.29, 0.717) is 17.1 Å². The minimum absolute atomic E-state index is 0.0451. The number of benzene rings is 1. The quantitative estimate of drug-likeness (QED) is 0.705. The van der Waals surface area contributed by atoms with E-state index in [4.69, 9.17) is 11.6 Å². The third-order valence-corrected chi connectivity index (χ3v) is 4.88. The Morgan fingerprint density at radius 3 is 2.59 bits per heavy atom. The Labute approximate surface area is 162 Å². The number of hydrogen-bond donors (Lipinski definition) is 2. The second-order valence-corrected chi connectivity index (χ2v) is 6.98. The highest BCUT2D eigenvalue weighted by Gasteiger charge is 2.27. The normalized spacial score (nSPS) is 13.2. The van der Waals surface area contributed by atoms with Crippen molar-refractivity contribution >= 4 is 40.3 Å². The molecule has 0 aliphatic rings. The first-order valence-corrected chi connectivity index (χ1v) is 9.15. The van der Waals surface area contributed by atoms with Crippen molar-refractivity contribution in [3.05, 3.63) is 35.0 Å². The molecule has 27 heavy (non-hydrogen) atoms. The van der Waals surface area contributed by atoms with Crippen LogP contribution in [-0.2, 0) is 16.6 Å². The van der Waals surface area contributed by atoms with E-state index in [9.17, 15) is 19.5 Å². The fourth-order valence-corrected chi connectivity index (χ4v) is 3.03. The molecule has 0 saturated heterocycles. The number of nitrogens with zero attached hydrogens (tertiary/aromatic N) is 1. The second kappa shape index (κ2) is 8.90. The smallest absolute Gasteiger partial charge is 0.268 e. The summed E-state index contributed by atoms with van der Waals surface area (Å²) in [6.45, 7) is 3.72. The summed E-state index contributed by atoms with van der Waals surface area (Å²) in [4.78, 5) is 35.7. The molecule has 7 nitrogen and oxygen atoms in total. The minimum Gasteiger partial charge on any atom is -0.550 e. The van der Waals surface area contributed by atoms with E-state index in [1.807, 2.05) is 19.9 Å². The van der Waals surface area contributed by atoms with Crippen LogP contribution in [0.15, 0.2) is 24.3 Å². The van der Waals surface area contributed by atoms with E-state index >= 15 is 0 Å². The van der Waals surface area contributed by atoms with Gasteiger partial charge in [0.2, 0.25) is 5.91 Å². The number of aryl methyl sites for hydroxylation is 1. The standard InChI is InChI=1S/C19H24ClN3O4/c1-4-11(2)17(19(27)21-8-7-16(24)25)22-18(26)15-10-12-9-13(20)5-6-14(12)23(15)3/h5-6,9-11,17H,4,7-8H2,1-3H3,(H,21,27)(H,22,26)(H,24,25)/p-1/t11-,17+/m1/s1. The number of carbonyl (C=O) groups is 3. The molecular weight excluding hydrogens is 370 g/mol. The van der Waals surface area contributed by atoms with Gasteiger partial charge in [-0.1, -0.05) is 31.9 Å². The topological polar surface area (TPSA) is 103 Å². The van der Waals surface area contributed by atoms with Gasteiger partial charge in [0.15, 0.2) is 0 Å². The molecule has 2 amide bonds. The summed E-state index contributed by atoms with van der Waals surface area (Å²) in [6, 6.07) is 6.29. The number of carboxylic acids is 1. The molecule has 146 valence electrons. The molecule has 0 bridgehead atoms. The fraction of sp³-hybridized carbons (Fsp3) is 0.421. The number of carbonyl (C=O) groups excluding carboxylic acids is 3. The molecule has 1 aromatic heterocycles. The zero-order chi connectivity index (χ0) is 20.1. The number of halogens is 1. The van der Waals surface area contributed by atoms with E-state index in [2.05, 4.69) is 10.6 Å². The predicted molar refractivity (Wildman–Crippen MR) is 101 cm³/mol. The van der Waals surface area contributed by atoms with Gasteiger partial charge in [0.25, 0.3) is 5.91 Å². The van der Waals surface area contributed by atoms with Gasteiger partial charge in [-0.3, -0.25) is 9.59 Å². The molecule has 1 aromatic carbocycles. The Balaban J connectivity index is 2.19. The van der Waals surface area contributed by atoms with Crippen LogP contribution in [0.3, 0.4) is 0 Å². The van der Waals surface area contributed by atoms with Crippen molar-refractivity contribution < 1.29 is 19.5 Å². The first-order valence-electron chi connectivity index (χ1n) is 8.78. The lowest BCUT2D eigenvalue weighted by Gasteiger charge is -2.23. The maximum Gasteiger partial charge on any atom is 0.268 e.